The first-order valence-electron chi connectivity index (χ1n) is 9.01. The molecular weight excluding hydrogens is 348 g/mol. The summed E-state index contributed by atoms with van der Waals surface area (Å²) in [5.74, 6) is -0.614. The topological polar surface area (TPSA) is 38.3 Å². The average Bonchev–Trinajstić information content (AvgIpc) is 2.68. The minimum atomic E-state index is -0.946. The van der Waals surface area contributed by atoms with Gasteiger partial charge in [-0.1, -0.05) is 49.1 Å². The van der Waals surface area contributed by atoms with Gasteiger partial charge in [0.05, 0.1) is 0 Å². The van der Waals surface area contributed by atoms with Crippen molar-refractivity contribution in [1.29, 1.82) is 0 Å². The highest BCUT2D eigenvalue weighted by atomic mass is 19.1. The number of terminal acetylenes is 1. The molecule has 0 spiro atoms. The third-order valence-electron chi connectivity index (χ3n) is 4.87. The van der Waals surface area contributed by atoms with Crippen molar-refractivity contribution in [1.82, 2.24) is 5.32 Å². The van der Waals surface area contributed by atoms with Gasteiger partial charge in [-0.25, -0.2) is 8.78 Å². The van der Waals surface area contributed by atoms with Gasteiger partial charge in [0.1, 0.15) is 6.61 Å². The molecule has 0 aliphatic heterocycles. The third kappa shape index (κ3) is 4.46. The second kappa shape index (κ2) is 8.68. The predicted molar refractivity (Wildman–Crippen MR) is 99.6 cm³/mol. The van der Waals surface area contributed by atoms with Crippen LogP contribution in [0, 0.1) is 24.0 Å². The Morgan fingerprint density at radius 1 is 1.15 bits per heavy atom. The number of nitrogens with one attached hydrogen (secondary N) is 1. The molecule has 3 rings (SSSR count). The van der Waals surface area contributed by atoms with E-state index >= 15 is 0 Å². The second-order valence-corrected chi connectivity index (χ2v) is 6.64. The minimum Gasteiger partial charge on any atom is -0.475 e. The number of amides is 1. The lowest BCUT2D eigenvalue weighted by molar-refractivity contribution is 0.0919. The van der Waals surface area contributed by atoms with Gasteiger partial charge in [-0.05, 0) is 30.5 Å². The van der Waals surface area contributed by atoms with Crippen molar-refractivity contribution in [3.63, 3.8) is 0 Å². The Morgan fingerprint density at radius 3 is 2.48 bits per heavy atom. The molecule has 1 amide bonds. The number of ether oxygens (including phenoxy) is 1. The maximum atomic E-state index is 14.1. The normalized spacial score (nSPS) is 19.1. The van der Waals surface area contributed by atoms with Crippen LogP contribution in [0.25, 0.3) is 0 Å². The van der Waals surface area contributed by atoms with Crippen molar-refractivity contribution in [2.24, 2.45) is 0 Å². The molecule has 1 N–H and O–H groups in total. The zero-order valence-corrected chi connectivity index (χ0v) is 14.9. The van der Waals surface area contributed by atoms with Gasteiger partial charge in [-0.15, -0.1) is 6.42 Å². The van der Waals surface area contributed by atoms with E-state index in [4.69, 9.17) is 11.2 Å². The lowest BCUT2D eigenvalue weighted by atomic mass is 9.80. The number of carbonyl (C=O) groups excluding carboxylic acids is 1. The summed E-state index contributed by atoms with van der Waals surface area (Å²) in [5, 5.41) is 2.96. The van der Waals surface area contributed by atoms with Crippen LogP contribution in [0.3, 0.4) is 0 Å². The summed E-state index contributed by atoms with van der Waals surface area (Å²) in [6, 6.07) is 11.9. The molecule has 0 radical (unpaired) electrons. The van der Waals surface area contributed by atoms with Crippen molar-refractivity contribution in [2.75, 3.05) is 6.61 Å². The van der Waals surface area contributed by atoms with E-state index in [1.165, 1.54) is 0 Å². The van der Waals surface area contributed by atoms with Gasteiger partial charge in [0.25, 0.3) is 5.91 Å². The van der Waals surface area contributed by atoms with E-state index in [0.29, 0.717) is 0 Å². The molecule has 0 heterocycles. The molecular formula is C22H21F2NO2. The summed E-state index contributed by atoms with van der Waals surface area (Å²) < 4.78 is 33.1. The van der Waals surface area contributed by atoms with E-state index in [1.54, 1.807) is 0 Å². The van der Waals surface area contributed by atoms with Crippen molar-refractivity contribution in [2.45, 2.75) is 37.6 Å². The SMILES string of the molecule is C#CCOc1c(F)cc(C(=O)NC2CCCCC2c2ccccc2)cc1F. The second-order valence-electron chi connectivity index (χ2n) is 6.64. The largest absolute Gasteiger partial charge is 0.475 e. The van der Waals surface area contributed by atoms with Gasteiger partial charge in [0, 0.05) is 17.5 Å². The number of halogens is 2. The van der Waals surface area contributed by atoms with Gasteiger partial charge in [0.15, 0.2) is 17.4 Å². The predicted octanol–water partition coefficient (Wildman–Crippen LogP) is 4.43. The van der Waals surface area contributed by atoms with Gasteiger partial charge in [-0.3, -0.25) is 4.79 Å². The van der Waals surface area contributed by atoms with E-state index in [0.717, 1.165) is 43.4 Å². The van der Waals surface area contributed by atoms with Crippen molar-refractivity contribution in [3.8, 4) is 18.1 Å². The zero-order chi connectivity index (χ0) is 19.2. The molecule has 3 nitrogen and oxygen atoms in total. The molecule has 2 atom stereocenters. The van der Waals surface area contributed by atoms with Crippen LogP contribution >= 0.6 is 0 Å². The van der Waals surface area contributed by atoms with Crippen LogP contribution in [0.5, 0.6) is 5.75 Å². The smallest absolute Gasteiger partial charge is 0.251 e. The fourth-order valence-electron chi connectivity index (χ4n) is 3.60. The number of hydrogen-bond donors (Lipinski definition) is 1. The lowest BCUT2D eigenvalue weighted by Gasteiger charge is -2.32. The molecule has 1 aliphatic rings. The Labute approximate surface area is 157 Å². The van der Waals surface area contributed by atoms with Crippen LogP contribution in [-0.4, -0.2) is 18.6 Å². The van der Waals surface area contributed by atoms with Crippen molar-refractivity contribution in [3.05, 3.63) is 65.2 Å². The molecule has 5 heteroatoms. The van der Waals surface area contributed by atoms with E-state index in [2.05, 4.69) is 11.2 Å². The van der Waals surface area contributed by atoms with E-state index in [1.807, 2.05) is 30.3 Å². The maximum Gasteiger partial charge on any atom is 0.251 e. The molecule has 0 bridgehead atoms. The number of rotatable bonds is 5. The van der Waals surface area contributed by atoms with Crippen LogP contribution in [0.4, 0.5) is 8.78 Å². The molecule has 1 saturated carbocycles. The summed E-state index contributed by atoms with van der Waals surface area (Å²) in [6.07, 6.45) is 8.94. The van der Waals surface area contributed by atoms with Crippen LogP contribution in [-0.2, 0) is 0 Å². The Morgan fingerprint density at radius 2 is 1.81 bits per heavy atom. The maximum absolute atomic E-state index is 14.1. The van der Waals surface area contributed by atoms with Gasteiger partial charge >= 0.3 is 0 Å². The molecule has 2 aromatic rings. The first-order chi connectivity index (χ1) is 13.1. The highest BCUT2D eigenvalue weighted by Crippen LogP contribution is 2.33. The molecule has 1 fully saturated rings. The Hall–Kier alpha value is -2.87. The van der Waals surface area contributed by atoms with Crippen LogP contribution in [0.1, 0.15) is 47.5 Å². The fourth-order valence-corrected chi connectivity index (χ4v) is 3.60. The van der Waals surface area contributed by atoms with Crippen LogP contribution < -0.4 is 10.1 Å². The minimum absolute atomic E-state index is 0.0721. The standard InChI is InChI=1S/C22H21F2NO2/c1-2-12-27-21-18(23)13-16(14-19(21)24)22(26)25-20-11-7-6-10-17(20)15-8-4-3-5-9-15/h1,3-5,8-9,13-14,17,20H,6-7,10-12H2,(H,25,26). The van der Waals surface area contributed by atoms with E-state index < -0.39 is 23.3 Å². The fraction of sp³-hybridized carbons (Fsp3) is 0.318. The van der Waals surface area contributed by atoms with Gasteiger partial charge in [-0.2, -0.15) is 0 Å². The van der Waals surface area contributed by atoms with E-state index in [9.17, 15) is 13.6 Å². The number of carbonyl (C=O) groups is 1. The summed E-state index contributed by atoms with van der Waals surface area (Å²) in [4.78, 5) is 12.6. The van der Waals surface area contributed by atoms with Crippen molar-refractivity contribution >= 4 is 5.91 Å². The quantitative estimate of drug-likeness (QED) is 0.792. The highest BCUT2D eigenvalue weighted by molar-refractivity contribution is 5.94. The third-order valence-corrected chi connectivity index (χ3v) is 4.87. The molecule has 0 saturated heterocycles. The monoisotopic (exact) mass is 369 g/mol. The number of benzene rings is 2. The molecule has 0 aromatic heterocycles. The molecule has 27 heavy (non-hydrogen) atoms. The highest BCUT2D eigenvalue weighted by Gasteiger charge is 2.28. The first-order valence-corrected chi connectivity index (χ1v) is 9.01. The Balaban J connectivity index is 1.77. The summed E-state index contributed by atoms with van der Waals surface area (Å²) in [7, 11) is 0. The molecule has 2 unspecified atom stereocenters. The number of hydrogen-bond acceptors (Lipinski definition) is 2. The van der Waals surface area contributed by atoms with Crippen LogP contribution in [0.15, 0.2) is 42.5 Å². The average molecular weight is 369 g/mol. The first kappa shape index (κ1) is 18.9. The van der Waals surface area contributed by atoms with Crippen molar-refractivity contribution < 1.29 is 18.3 Å². The summed E-state index contributed by atoms with van der Waals surface area (Å²) in [5.41, 5.74) is 1.09. The summed E-state index contributed by atoms with van der Waals surface area (Å²) in [6.45, 7) is -0.250. The lowest BCUT2D eigenvalue weighted by Crippen LogP contribution is -2.41. The Bertz CT molecular complexity index is 822. The molecule has 140 valence electrons. The van der Waals surface area contributed by atoms with Crippen LogP contribution in [0.2, 0.25) is 0 Å². The van der Waals surface area contributed by atoms with Gasteiger partial charge < -0.3 is 10.1 Å². The van der Waals surface area contributed by atoms with Gasteiger partial charge in [0.2, 0.25) is 0 Å². The molecule has 2 aromatic carbocycles. The molecule has 1 aliphatic carbocycles. The Kier molecular flexibility index (Phi) is 6.08. The van der Waals surface area contributed by atoms with E-state index in [-0.39, 0.29) is 24.1 Å². The summed E-state index contributed by atoms with van der Waals surface area (Å²) >= 11 is 0. The zero-order valence-electron chi connectivity index (χ0n) is 14.9.